The lowest BCUT2D eigenvalue weighted by Gasteiger charge is -2.29. The van der Waals surface area contributed by atoms with Crippen molar-refractivity contribution in [1.82, 2.24) is 4.90 Å². The highest BCUT2D eigenvalue weighted by Crippen LogP contribution is 2.46. The monoisotopic (exact) mass is 417 g/mol. The molecular formula is C26H27NO4. The highest BCUT2D eigenvalue weighted by atomic mass is 16.5. The Morgan fingerprint density at radius 3 is 2.23 bits per heavy atom. The molecule has 0 bridgehead atoms. The number of rotatable bonds is 7. The molecule has 0 saturated heterocycles. The van der Waals surface area contributed by atoms with Gasteiger partial charge in [-0.25, -0.2) is 4.79 Å². The molecular weight excluding hydrogens is 390 g/mol. The van der Waals surface area contributed by atoms with Crippen LogP contribution in [0.3, 0.4) is 0 Å². The number of hydrogen-bond acceptors (Lipinski definition) is 4. The zero-order chi connectivity index (χ0) is 21.8. The molecule has 5 heteroatoms. The van der Waals surface area contributed by atoms with Crippen molar-refractivity contribution in [2.45, 2.75) is 38.1 Å². The summed E-state index contributed by atoms with van der Waals surface area (Å²) >= 11 is 0. The van der Waals surface area contributed by atoms with Gasteiger partial charge in [-0.2, -0.15) is 0 Å². The summed E-state index contributed by atoms with van der Waals surface area (Å²) in [5.74, 6) is 0.114. The second-order valence-electron chi connectivity index (χ2n) is 8.13. The first kappa shape index (κ1) is 21.0. The van der Waals surface area contributed by atoms with E-state index in [-0.39, 0.29) is 29.6 Å². The number of unbranched alkanes of at least 4 members (excludes halogenated alkanes) is 1. The van der Waals surface area contributed by atoms with E-state index in [1.807, 2.05) is 24.3 Å². The molecule has 1 atom stereocenters. The van der Waals surface area contributed by atoms with Crippen molar-refractivity contribution in [1.29, 1.82) is 0 Å². The van der Waals surface area contributed by atoms with Crippen LogP contribution in [0.2, 0.25) is 0 Å². The summed E-state index contributed by atoms with van der Waals surface area (Å²) in [5, 5.41) is 0. The van der Waals surface area contributed by atoms with Gasteiger partial charge in [-0.15, -0.1) is 0 Å². The Morgan fingerprint density at radius 2 is 1.65 bits per heavy atom. The fourth-order valence-corrected chi connectivity index (χ4v) is 4.64. The van der Waals surface area contributed by atoms with Crippen LogP contribution in [0.5, 0.6) is 0 Å². The highest BCUT2D eigenvalue weighted by molar-refractivity contribution is 5.93. The number of carbonyl (C=O) groups excluding carboxylic acids is 3. The molecule has 4 rings (SSSR count). The minimum Gasteiger partial charge on any atom is -0.453 e. The number of methoxy groups -OCH3 is 1. The second kappa shape index (κ2) is 9.29. The lowest BCUT2D eigenvalue weighted by molar-refractivity contribution is -0.122. The molecule has 1 amide bonds. The maximum absolute atomic E-state index is 12.7. The van der Waals surface area contributed by atoms with Crippen molar-refractivity contribution < 1.29 is 19.1 Å². The number of Topliss-reactive ketones (excluding diaryl/α,β-unsaturated/α-hetero) is 1. The summed E-state index contributed by atoms with van der Waals surface area (Å²) in [4.78, 5) is 38.3. The van der Waals surface area contributed by atoms with E-state index in [0.29, 0.717) is 38.6 Å². The molecule has 0 N–H and O–H groups in total. The van der Waals surface area contributed by atoms with E-state index >= 15 is 0 Å². The third-order valence-electron chi connectivity index (χ3n) is 6.22. The van der Waals surface area contributed by atoms with E-state index in [2.05, 4.69) is 24.3 Å². The predicted molar refractivity (Wildman–Crippen MR) is 119 cm³/mol. The number of amides is 1. The maximum atomic E-state index is 12.7. The summed E-state index contributed by atoms with van der Waals surface area (Å²) in [6.07, 6.45) is 5.81. The van der Waals surface area contributed by atoms with E-state index in [0.717, 1.165) is 22.3 Å². The molecule has 2 aromatic rings. The quantitative estimate of drug-likeness (QED) is 0.588. The average Bonchev–Trinajstić information content (AvgIpc) is 3.13. The van der Waals surface area contributed by atoms with Crippen LogP contribution in [0.4, 0.5) is 4.79 Å². The summed E-state index contributed by atoms with van der Waals surface area (Å²) in [5.41, 5.74) is 4.49. The minimum absolute atomic E-state index is 0.0925. The summed E-state index contributed by atoms with van der Waals surface area (Å²) in [6, 6.07) is 16.1. The Bertz CT molecular complexity index is 980. The van der Waals surface area contributed by atoms with Crippen LogP contribution >= 0.6 is 0 Å². The van der Waals surface area contributed by atoms with Crippen molar-refractivity contribution in [2.75, 3.05) is 13.7 Å². The first-order chi connectivity index (χ1) is 15.1. The molecule has 2 aliphatic carbocycles. The van der Waals surface area contributed by atoms with Crippen molar-refractivity contribution >= 4 is 17.7 Å². The van der Waals surface area contributed by atoms with Gasteiger partial charge < -0.3 is 4.74 Å². The van der Waals surface area contributed by atoms with E-state index in [1.54, 1.807) is 11.0 Å². The number of fused-ring (bicyclic) bond motifs is 3. The molecule has 0 spiro atoms. The fraction of sp³-hybridized carbons (Fsp3) is 0.346. The van der Waals surface area contributed by atoms with Gasteiger partial charge in [-0.05, 0) is 47.6 Å². The topological polar surface area (TPSA) is 63.7 Å². The SMILES string of the molecule is COC(=O)N(CCCCC(=O)C1C=CC(=O)CC1)C1c2ccccc2-c2ccccc21. The molecule has 160 valence electrons. The van der Waals surface area contributed by atoms with Gasteiger partial charge in [0.2, 0.25) is 0 Å². The normalized spacial score (nSPS) is 17.2. The average molecular weight is 418 g/mol. The zero-order valence-corrected chi connectivity index (χ0v) is 17.8. The molecule has 0 aliphatic heterocycles. The zero-order valence-electron chi connectivity index (χ0n) is 17.8. The van der Waals surface area contributed by atoms with Gasteiger partial charge in [0, 0.05) is 25.3 Å². The highest BCUT2D eigenvalue weighted by Gasteiger charge is 2.35. The molecule has 5 nitrogen and oxygen atoms in total. The molecule has 2 aliphatic rings. The van der Waals surface area contributed by atoms with Gasteiger partial charge in [-0.1, -0.05) is 54.6 Å². The van der Waals surface area contributed by atoms with Crippen molar-refractivity contribution in [2.24, 2.45) is 5.92 Å². The lowest BCUT2D eigenvalue weighted by atomic mass is 9.89. The van der Waals surface area contributed by atoms with Gasteiger partial charge in [0.05, 0.1) is 13.2 Å². The Morgan fingerprint density at radius 1 is 1.00 bits per heavy atom. The molecule has 1 unspecified atom stereocenters. The van der Waals surface area contributed by atoms with E-state index in [4.69, 9.17) is 4.74 Å². The van der Waals surface area contributed by atoms with Crippen LogP contribution < -0.4 is 0 Å². The molecule has 0 fully saturated rings. The smallest absolute Gasteiger partial charge is 0.410 e. The fourth-order valence-electron chi connectivity index (χ4n) is 4.64. The lowest BCUT2D eigenvalue weighted by Crippen LogP contribution is -2.35. The molecule has 31 heavy (non-hydrogen) atoms. The molecule has 0 heterocycles. The van der Waals surface area contributed by atoms with Crippen molar-refractivity contribution in [3.63, 3.8) is 0 Å². The number of ketones is 2. The Balaban J connectivity index is 1.45. The van der Waals surface area contributed by atoms with Gasteiger partial charge in [0.25, 0.3) is 0 Å². The Labute approximate surface area is 182 Å². The molecule has 2 aromatic carbocycles. The van der Waals surface area contributed by atoms with Crippen LogP contribution in [0.1, 0.15) is 49.3 Å². The van der Waals surface area contributed by atoms with E-state index in [1.165, 1.54) is 13.2 Å². The number of benzene rings is 2. The number of allylic oxidation sites excluding steroid dienone is 2. The summed E-state index contributed by atoms with van der Waals surface area (Å²) < 4.78 is 5.12. The molecule has 0 radical (unpaired) electrons. The number of carbonyl (C=O) groups is 3. The largest absolute Gasteiger partial charge is 0.453 e. The van der Waals surface area contributed by atoms with Crippen LogP contribution in [0.15, 0.2) is 60.7 Å². The van der Waals surface area contributed by atoms with E-state index in [9.17, 15) is 14.4 Å². The Hall–Kier alpha value is -3.21. The first-order valence-corrected chi connectivity index (χ1v) is 10.9. The molecule has 0 aromatic heterocycles. The maximum Gasteiger partial charge on any atom is 0.410 e. The van der Waals surface area contributed by atoms with Gasteiger partial charge in [-0.3, -0.25) is 14.5 Å². The number of nitrogens with zero attached hydrogens (tertiary/aromatic N) is 1. The third-order valence-corrected chi connectivity index (χ3v) is 6.22. The van der Waals surface area contributed by atoms with Gasteiger partial charge in [0.15, 0.2) is 5.78 Å². The number of ether oxygens (including phenoxy) is 1. The number of hydrogen-bond donors (Lipinski definition) is 0. The standard InChI is InChI=1S/C26H27NO4/c1-31-26(30)27(17-7-6-12-24(29)18-13-15-19(28)16-14-18)25-22-10-4-2-8-20(22)21-9-3-5-11-23(21)25/h2-5,8-11,13,15,18,25H,6-7,12,14,16-17H2,1H3. The van der Waals surface area contributed by atoms with Crippen LogP contribution in [0, 0.1) is 5.92 Å². The first-order valence-electron chi connectivity index (χ1n) is 10.9. The minimum atomic E-state index is -0.364. The summed E-state index contributed by atoms with van der Waals surface area (Å²) in [7, 11) is 1.41. The van der Waals surface area contributed by atoms with Gasteiger partial charge >= 0.3 is 6.09 Å². The third kappa shape index (κ3) is 4.31. The van der Waals surface area contributed by atoms with Crippen molar-refractivity contribution in [3.05, 3.63) is 71.8 Å². The Kier molecular flexibility index (Phi) is 6.31. The van der Waals surface area contributed by atoms with Crippen LogP contribution in [-0.2, 0) is 14.3 Å². The van der Waals surface area contributed by atoms with Crippen LogP contribution in [-0.4, -0.2) is 36.2 Å². The van der Waals surface area contributed by atoms with E-state index < -0.39 is 0 Å². The predicted octanol–water partition coefficient (Wildman–Crippen LogP) is 5.10. The van der Waals surface area contributed by atoms with Crippen LogP contribution in [0.25, 0.3) is 11.1 Å². The van der Waals surface area contributed by atoms with Gasteiger partial charge in [0.1, 0.15) is 5.78 Å². The summed E-state index contributed by atoms with van der Waals surface area (Å²) in [6.45, 7) is 0.506. The van der Waals surface area contributed by atoms with Crippen molar-refractivity contribution in [3.8, 4) is 11.1 Å². The second-order valence-corrected chi connectivity index (χ2v) is 8.13. The molecule has 0 saturated carbocycles.